The molecule has 5 nitrogen and oxygen atoms in total. The van der Waals surface area contributed by atoms with E-state index in [0.29, 0.717) is 6.61 Å². The maximum absolute atomic E-state index is 5.98. The van der Waals surface area contributed by atoms with Crippen molar-refractivity contribution in [3.63, 3.8) is 0 Å². The summed E-state index contributed by atoms with van der Waals surface area (Å²) in [5.74, 6) is -0.673. The fraction of sp³-hybridized carbons (Fsp3) is 0.533. The lowest BCUT2D eigenvalue weighted by Crippen LogP contribution is -2.46. The molecule has 0 radical (unpaired) electrons. The van der Waals surface area contributed by atoms with E-state index in [-0.39, 0.29) is 12.2 Å². The molecule has 0 amide bonds. The van der Waals surface area contributed by atoms with Crippen LogP contribution in [0, 0.1) is 0 Å². The summed E-state index contributed by atoms with van der Waals surface area (Å²) in [6, 6.07) is 9.85. The van der Waals surface area contributed by atoms with Crippen molar-refractivity contribution in [1.82, 2.24) is 0 Å². The van der Waals surface area contributed by atoms with Crippen LogP contribution in [0.1, 0.15) is 26.3 Å². The molecule has 0 spiro atoms. The minimum atomic E-state index is -0.673. The van der Waals surface area contributed by atoms with Gasteiger partial charge in [-0.1, -0.05) is 35.5 Å². The van der Waals surface area contributed by atoms with Crippen LogP contribution in [0.2, 0.25) is 0 Å². The highest BCUT2D eigenvalue weighted by atomic mass is 16.8. The number of hydrogen-bond acceptors (Lipinski definition) is 5. The second kappa shape index (κ2) is 5.16. The number of fused-ring (bicyclic) bond motifs is 1. The average molecular weight is 277 g/mol. The third-order valence-electron chi connectivity index (χ3n) is 3.32. The fourth-order valence-electron chi connectivity index (χ4n) is 2.54. The Labute approximate surface area is 118 Å². The van der Waals surface area contributed by atoms with Crippen LogP contribution in [-0.2, 0) is 19.0 Å². The van der Waals surface area contributed by atoms with Crippen molar-refractivity contribution in [2.24, 2.45) is 5.16 Å². The molecule has 3 rings (SSSR count). The van der Waals surface area contributed by atoms with Crippen LogP contribution in [0.5, 0.6) is 0 Å². The van der Waals surface area contributed by atoms with E-state index in [1.165, 1.54) is 0 Å². The highest BCUT2D eigenvalue weighted by molar-refractivity contribution is 6.04. The lowest BCUT2D eigenvalue weighted by Gasteiger charge is -2.29. The highest BCUT2D eigenvalue weighted by Gasteiger charge is 2.51. The first-order valence-corrected chi connectivity index (χ1v) is 6.87. The van der Waals surface area contributed by atoms with Gasteiger partial charge in [-0.25, -0.2) is 0 Å². The van der Waals surface area contributed by atoms with E-state index in [0.717, 1.165) is 11.3 Å². The molecule has 0 bridgehead atoms. The molecule has 2 aliphatic heterocycles. The van der Waals surface area contributed by atoms with E-state index in [1.54, 1.807) is 0 Å². The summed E-state index contributed by atoms with van der Waals surface area (Å²) in [4.78, 5) is 5.45. The minimum Gasteiger partial charge on any atom is -0.360 e. The van der Waals surface area contributed by atoms with Gasteiger partial charge in [0.2, 0.25) is 0 Å². The van der Waals surface area contributed by atoms with Gasteiger partial charge in [0.05, 0.1) is 0 Å². The Balaban J connectivity index is 1.93. The van der Waals surface area contributed by atoms with E-state index in [1.807, 2.05) is 51.1 Å². The topological polar surface area (TPSA) is 49.3 Å². The van der Waals surface area contributed by atoms with Crippen molar-refractivity contribution in [2.45, 2.75) is 45.1 Å². The molecular formula is C15H19NO4. The molecule has 2 aliphatic rings. The van der Waals surface area contributed by atoms with Crippen molar-refractivity contribution in [3.8, 4) is 0 Å². The van der Waals surface area contributed by atoms with Crippen LogP contribution in [0.3, 0.4) is 0 Å². The van der Waals surface area contributed by atoms with Gasteiger partial charge in [0.1, 0.15) is 11.8 Å². The Morgan fingerprint density at radius 3 is 2.65 bits per heavy atom. The van der Waals surface area contributed by atoms with Gasteiger partial charge in [-0.05, 0) is 20.8 Å². The Morgan fingerprint density at radius 1 is 1.20 bits per heavy atom. The number of rotatable bonds is 3. The van der Waals surface area contributed by atoms with Crippen LogP contribution in [0.4, 0.5) is 0 Å². The third kappa shape index (κ3) is 2.44. The number of ether oxygens (including phenoxy) is 3. The second-order valence-electron chi connectivity index (χ2n) is 5.29. The van der Waals surface area contributed by atoms with E-state index in [4.69, 9.17) is 19.0 Å². The molecule has 0 aromatic heterocycles. The lowest BCUT2D eigenvalue weighted by atomic mass is 10.0. The lowest BCUT2D eigenvalue weighted by molar-refractivity contribution is -0.221. The molecule has 1 fully saturated rings. The molecule has 3 atom stereocenters. The molecule has 1 aromatic rings. The number of oxime groups is 1. The van der Waals surface area contributed by atoms with Gasteiger partial charge < -0.3 is 19.0 Å². The predicted molar refractivity (Wildman–Crippen MR) is 73.3 cm³/mol. The van der Waals surface area contributed by atoms with Gasteiger partial charge in [0.25, 0.3) is 6.29 Å². The van der Waals surface area contributed by atoms with Crippen molar-refractivity contribution in [3.05, 3.63) is 35.9 Å². The van der Waals surface area contributed by atoms with Crippen LogP contribution >= 0.6 is 0 Å². The molecule has 0 saturated carbocycles. The Hall–Kier alpha value is -1.43. The largest absolute Gasteiger partial charge is 0.360 e. The third-order valence-corrected chi connectivity index (χ3v) is 3.32. The fourth-order valence-corrected chi connectivity index (χ4v) is 2.54. The summed E-state index contributed by atoms with van der Waals surface area (Å²) < 4.78 is 17.4. The highest BCUT2D eigenvalue weighted by Crippen LogP contribution is 2.35. The summed E-state index contributed by atoms with van der Waals surface area (Å²) >= 11 is 0. The van der Waals surface area contributed by atoms with Gasteiger partial charge >= 0.3 is 0 Å². The van der Waals surface area contributed by atoms with Crippen LogP contribution in [-0.4, -0.2) is 36.6 Å². The zero-order valence-electron chi connectivity index (χ0n) is 11.9. The smallest absolute Gasteiger partial charge is 0.256 e. The average Bonchev–Trinajstić information content (AvgIpc) is 2.76. The van der Waals surface area contributed by atoms with Crippen LogP contribution < -0.4 is 0 Å². The molecule has 20 heavy (non-hydrogen) atoms. The predicted octanol–water partition coefficient (Wildman–Crippen LogP) is 2.30. The van der Waals surface area contributed by atoms with Gasteiger partial charge in [-0.3, -0.25) is 0 Å². The molecule has 108 valence electrons. The zero-order chi connectivity index (χ0) is 14.2. The molecule has 1 saturated heterocycles. The Morgan fingerprint density at radius 2 is 1.95 bits per heavy atom. The molecule has 1 aromatic carbocycles. The maximum Gasteiger partial charge on any atom is 0.256 e. The Bertz CT molecular complexity index is 500. The van der Waals surface area contributed by atoms with Gasteiger partial charge in [0, 0.05) is 12.2 Å². The molecule has 0 N–H and O–H groups in total. The van der Waals surface area contributed by atoms with Crippen molar-refractivity contribution < 1.29 is 19.0 Å². The normalized spacial score (nSPS) is 31.4. The second-order valence-corrected chi connectivity index (χ2v) is 5.29. The van der Waals surface area contributed by atoms with Crippen molar-refractivity contribution in [1.29, 1.82) is 0 Å². The maximum atomic E-state index is 5.98. The molecule has 5 heteroatoms. The molecule has 2 heterocycles. The summed E-state index contributed by atoms with van der Waals surface area (Å²) in [5.41, 5.74) is 1.72. The standard InChI is InChI=1S/C15H19NO4/c1-4-17-14-13-12(18-15(2,3)19-13)11(16-20-14)10-8-6-5-7-9-10/h5-9,12-14H,4H2,1-3H3/t12-,13-,14-/m1/s1. The van der Waals surface area contributed by atoms with Crippen molar-refractivity contribution >= 4 is 5.71 Å². The van der Waals surface area contributed by atoms with E-state index in [9.17, 15) is 0 Å². The Kier molecular flexibility index (Phi) is 3.50. The van der Waals surface area contributed by atoms with E-state index < -0.39 is 12.1 Å². The zero-order valence-corrected chi connectivity index (χ0v) is 11.9. The van der Waals surface area contributed by atoms with E-state index >= 15 is 0 Å². The van der Waals surface area contributed by atoms with Gasteiger partial charge in [-0.15, -0.1) is 0 Å². The van der Waals surface area contributed by atoms with Gasteiger partial charge in [-0.2, -0.15) is 0 Å². The first-order valence-electron chi connectivity index (χ1n) is 6.87. The SMILES string of the molecule is CCO[C@@H]1ON=C(c2ccccc2)[C@H]2OC(C)(C)O[C@@H]12. The monoisotopic (exact) mass is 277 g/mol. The minimum absolute atomic E-state index is 0.280. The summed E-state index contributed by atoms with van der Waals surface area (Å²) in [6.45, 7) is 6.22. The number of nitrogens with zero attached hydrogens (tertiary/aromatic N) is 1. The first-order chi connectivity index (χ1) is 9.61. The summed E-state index contributed by atoms with van der Waals surface area (Å²) in [7, 11) is 0. The van der Waals surface area contributed by atoms with E-state index in [2.05, 4.69) is 5.16 Å². The number of benzene rings is 1. The van der Waals surface area contributed by atoms with Crippen molar-refractivity contribution in [2.75, 3.05) is 6.61 Å². The summed E-state index contributed by atoms with van der Waals surface area (Å²) in [6.07, 6.45) is -1.12. The van der Waals surface area contributed by atoms with Gasteiger partial charge in [0.15, 0.2) is 11.9 Å². The summed E-state index contributed by atoms with van der Waals surface area (Å²) in [5, 5.41) is 4.19. The van der Waals surface area contributed by atoms with Crippen LogP contribution in [0.15, 0.2) is 35.5 Å². The molecular weight excluding hydrogens is 258 g/mol. The number of hydrogen-bond donors (Lipinski definition) is 0. The molecule has 0 aliphatic carbocycles. The molecule has 0 unspecified atom stereocenters. The van der Waals surface area contributed by atoms with Crippen LogP contribution in [0.25, 0.3) is 0 Å². The quantitative estimate of drug-likeness (QED) is 0.850. The first kappa shape index (κ1) is 13.5.